The third-order valence-electron chi connectivity index (χ3n) is 2.25. The highest BCUT2D eigenvalue weighted by Crippen LogP contribution is 2.12. The molecular formula is C12H23NO3. The molecule has 0 radical (unpaired) electrons. The monoisotopic (exact) mass is 229 g/mol. The highest BCUT2D eigenvalue weighted by molar-refractivity contribution is 5.81. The minimum Gasteiger partial charge on any atom is -0.469 e. The summed E-state index contributed by atoms with van der Waals surface area (Å²) in [4.78, 5) is 22.3. The Morgan fingerprint density at radius 1 is 1.12 bits per heavy atom. The Balaban J connectivity index is 3.41. The lowest BCUT2D eigenvalue weighted by molar-refractivity contribution is -0.140. The Labute approximate surface area is 97.7 Å². The van der Waals surface area contributed by atoms with Crippen LogP contribution in [0.2, 0.25) is 0 Å². The fourth-order valence-corrected chi connectivity index (χ4v) is 1.14. The number of amides is 1. The summed E-state index contributed by atoms with van der Waals surface area (Å²) in [5.74, 6) is -0.0980. The van der Waals surface area contributed by atoms with Crippen molar-refractivity contribution in [3.63, 3.8) is 0 Å². The van der Waals surface area contributed by atoms with Gasteiger partial charge in [0.2, 0.25) is 5.91 Å². The Morgan fingerprint density at radius 3 is 2.25 bits per heavy atom. The summed E-state index contributed by atoms with van der Waals surface area (Å²) in [6.07, 6.45) is 3.11. The second-order valence-electron chi connectivity index (χ2n) is 4.89. The summed E-state index contributed by atoms with van der Waals surface area (Å²) in [6.45, 7) is 6.34. The van der Waals surface area contributed by atoms with Crippen molar-refractivity contribution in [2.75, 3.05) is 13.7 Å². The average molecular weight is 229 g/mol. The zero-order valence-corrected chi connectivity index (χ0v) is 10.8. The van der Waals surface area contributed by atoms with Crippen molar-refractivity contribution in [3.05, 3.63) is 0 Å². The molecule has 0 saturated carbocycles. The maximum absolute atomic E-state index is 11.5. The fraction of sp³-hybridized carbons (Fsp3) is 0.833. The van der Waals surface area contributed by atoms with Crippen LogP contribution in [0.4, 0.5) is 0 Å². The largest absolute Gasteiger partial charge is 0.469 e. The molecule has 0 heterocycles. The van der Waals surface area contributed by atoms with Gasteiger partial charge in [0.05, 0.1) is 7.11 Å². The van der Waals surface area contributed by atoms with E-state index in [1.54, 1.807) is 0 Å². The Hall–Kier alpha value is -1.06. The van der Waals surface area contributed by atoms with Gasteiger partial charge in [0, 0.05) is 18.4 Å². The Kier molecular flexibility index (Phi) is 6.77. The molecule has 0 aromatic carbocycles. The van der Waals surface area contributed by atoms with Crippen LogP contribution in [0.1, 0.15) is 46.5 Å². The predicted octanol–water partition coefficient (Wildman–Crippen LogP) is 1.88. The molecule has 0 saturated heterocycles. The van der Waals surface area contributed by atoms with Gasteiger partial charge in [-0.25, -0.2) is 0 Å². The minimum absolute atomic E-state index is 0.0699. The molecule has 0 aliphatic rings. The van der Waals surface area contributed by atoms with Gasteiger partial charge < -0.3 is 10.1 Å². The molecule has 4 nitrogen and oxygen atoms in total. The van der Waals surface area contributed by atoms with Crippen LogP contribution in [-0.2, 0) is 14.3 Å². The average Bonchev–Trinajstić information content (AvgIpc) is 2.20. The van der Waals surface area contributed by atoms with Crippen LogP contribution in [0.5, 0.6) is 0 Å². The van der Waals surface area contributed by atoms with Gasteiger partial charge in [0.15, 0.2) is 0 Å². The molecule has 0 bridgehead atoms. The molecule has 4 heteroatoms. The lowest BCUT2D eigenvalue weighted by atomic mass is 9.96. The molecule has 1 amide bonds. The molecular weight excluding hydrogens is 206 g/mol. The van der Waals surface area contributed by atoms with Crippen molar-refractivity contribution in [2.24, 2.45) is 5.41 Å². The topological polar surface area (TPSA) is 55.4 Å². The Bertz CT molecular complexity index is 231. The normalized spacial score (nSPS) is 11.0. The number of hydrogen-bond acceptors (Lipinski definition) is 3. The molecule has 1 N–H and O–H groups in total. The molecule has 0 aromatic heterocycles. The maximum Gasteiger partial charge on any atom is 0.305 e. The zero-order valence-electron chi connectivity index (χ0n) is 10.8. The molecule has 0 unspecified atom stereocenters. The third-order valence-corrected chi connectivity index (χ3v) is 2.25. The second-order valence-corrected chi connectivity index (χ2v) is 4.89. The van der Waals surface area contributed by atoms with E-state index in [-0.39, 0.29) is 17.3 Å². The molecule has 0 aromatic rings. The molecule has 0 fully saturated rings. The van der Waals surface area contributed by atoms with Crippen LogP contribution < -0.4 is 5.32 Å². The number of carbonyl (C=O) groups is 2. The molecule has 0 atom stereocenters. The van der Waals surface area contributed by atoms with E-state index in [0.29, 0.717) is 13.0 Å². The van der Waals surface area contributed by atoms with E-state index in [1.807, 2.05) is 20.8 Å². The summed E-state index contributed by atoms with van der Waals surface area (Å²) in [6, 6.07) is 0. The van der Waals surface area contributed by atoms with E-state index >= 15 is 0 Å². The van der Waals surface area contributed by atoms with Gasteiger partial charge >= 0.3 is 5.97 Å². The van der Waals surface area contributed by atoms with Crippen LogP contribution in [0.25, 0.3) is 0 Å². The molecule has 0 spiro atoms. The number of hydrogen-bond donors (Lipinski definition) is 1. The van der Waals surface area contributed by atoms with Gasteiger partial charge in [-0.1, -0.05) is 27.2 Å². The first kappa shape index (κ1) is 14.9. The number of nitrogens with one attached hydrogen (secondary N) is 1. The van der Waals surface area contributed by atoms with E-state index in [4.69, 9.17) is 0 Å². The van der Waals surface area contributed by atoms with E-state index in [2.05, 4.69) is 10.1 Å². The predicted molar refractivity (Wildman–Crippen MR) is 62.9 cm³/mol. The highest BCUT2D eigenvalue weighted by Gasteiger charge is 2.19. The number of ether oxygens (including phenoxy) is 1. The van der Waals surface area contributed by atoms with Crippen molar-refractivity contribution in [3.8, 4) is 0 Å². The number of methoxy groups -OCH3 is 1. The lowest BCUT2D eigenvalue weighted by Gasteiger charge is -2.17. The number of esters is 1. The van der Waals surface area contributed by atoms with Gasteiger partial charge in [-0.15, -0.1) is 0 Å². The minimum atomic E-state index is -0.327. The highest BCUT2D eigenvalue weighted by atomic mass is 16.5. The second kappa shape index (κ2) is 7.25. The van der Waals surface area contributed by atoms with Crippen LogP contribution in [0.3, 0.4) is 0 Å². The summed E-state index contributed by atoms with van der Waals surface area (Å²) in [5, 5.41) is 2.87. The summed E-state index contributed by atoms with van der Waals surface area (Å²) in [7, 11) is 1.39. The van der Waals surface area contributed by atoms with E-state index in [1.165, 1.54) is 7.11 Å². The first-order valence-electron chi connectivity index (χ1n) is 5.73. The van der Waals surface area contributed by atoms with E-state index in [9.17, 15) is 9.59 Å². The van der Waals surface area contributed by atoms with Crippen molar-refractivity contribution >= 4 is 11.9 Å². The van der Waals surface area contributed by atoms with Crippen LogP contribution in [-0.4, -0.2) is 25.5 Å². The Morgan fingerprint density at radius 2 is 1.75 bits per heavy atom. The van der Waals surface area contributed by atoms with Gasteiger partial charge in [-0.2, -0.15) is 0 Å². The van der Waals surface area contributed by atoms with E-state index < -0.39 is 0 Å². The van der Waals surface area contributed by atoms with Crippen LogP contribution in [0, 0.1) is 5.41 Å². The lowest BCUT2D eigenvalue weighted by Crippen LogP contribution is -2.35. The van der Waals surface area contributed by atoms with Crippen molar-refractivity contribution < 1.29 is 14.3 Å². The standard InChI is InChI=1S/C12H23NO3/c1-12(2,3)11(15)13-9-7-5-6-8-10(14)16-4/h5-9H2,1-4H3,(H,13,15). The molecule has 16 heavy (non-hydrogen) atoms. The third kappa shape index (κ3) is 7.26. The van der Waals surface area contributed by atoms with Gasteiger partial charge in [-0.05, 0) is 12.8 Å². The van der Waals surface area contributed by atoms with Crippen LogP contribution in [0.15, 0.2) is 0 Å². The zero-order chi connectivity index (χ0) is 12.6. The first-order chi connectivity index (χ1) is 7.38. The van der Waals surface area contributed by atoms with E-state index in [0.717, 1.165) is 19.3 Å². The smallest absolute Gasteiger partial charge is 0.305 e. The van der Waals surface area contributed by atoms with Crippen molar-refractivity contribution in [1.29, 1.82) is 0 Å². The molecule has 94 valence electrons. The van der Waals surface area contributed by atoms with Gasteiger partial charge in [0.1, 0.15) is 0 Å². The number of rotatable bonds is 6. The van der Waals surface area contributed by atoms with Crippen molar-refractivity contribution in [1.82, 2.24) is 5.32 Å². The summed E-state index contributed by atoms with van der Waals surface area (Å²) in [5.41, 5.74) is -0.327. The van der Waals surface area contributed by atoms with Crippen molar-refractivity contribution in [2.45, 2.75) is 46.5 Å². The number of unbranched alkanes of at least 4 members (excludes halogenated alkanes) is 2. The molecule has 0 aliphatic carbocycles. The summed E-state index contributed by atoms with van der Waals surface area (Å²) >= 11 is 0. The van der Waals surface area contributed by atoms with Gasteiger partial charge in [0.25, 0.3) is 0 Å². The molecule has 0 rings (SSSR count). The molecule has 0 aliphatic heterocycles. The van der Waals surface area contributed by atoms with Crippen LogP contribution >= 0.6 is 0 Å². The maximum atomic E-state index is 11.5. The quantitative estimate of drug-likeness (QED) is 0.559. The SMILES string of the molecule is COC(=O)CCCCCNC(=O)C(C)(C)C. The van der Waals surface area contributed by atoms with Gasteiger partial charge in [-0.3, -0.25) is 9.59 Å². The number of carbonyl (C=O) groups excluding carboxylic acids is 2. The fourth-order valence-electron chi connectivity index (χ4n) is 1.14. The first-order valence-corrected chi connectivity index (χ1v) is 5.73. The summed E-state index contributed by atoms with van der Waals surface area (Å²) < 4.78 is 4.53.